The number of carbonyl (C=O) groups is 10. The normalized spacial score (nSPS) is 23.9. The van der Waals surface area contributed by atoms with Gasteiger partial charge in [-0.15, -0.1) is 0 Å². The zero-order valence-corrected chi connectivity index (χ0v) is 43.2. The lowest BCUT2D eigenvalue weighted by molar-refractivity contribution is -0.137. The summed E-state index contributed by atoms with van der Waals surface area (Å²) >= 11 is 0. The van der Waals surface area contributed by atoms with Crippen molar-refractivity contribution < 1.29 is 68.4 Å². The fourth-order valence-electron chi connectivity index (χ4n) is 7.75. The molecule has 20 N–H and O–H groups in total. The number of nitrogens with one attached hydrogen (secondary N) is 10. The Morgan fingerprint density at radius 1 is 0.613 bits per heavy atom. The molecule has 0 unspecified atom stereocenters. The molecule has 0 aromatic heterocycles. The molecule has 0 bridgehead atoms. The summed E-state index contributed by atoms with van der Waals surface area (Å²) in [6.45, 7) is 3.51. The summed E-state index contributed by atoms with van der Waals surface area (Å²) in [5.74, 6) is -9.83. The van der Waals surface area contributed by atoms with Gasteiger partial charge in [0.2, 0.25) is 59.1 Å². The first-order chi connectivity index (χ1) is 35.6. The molecule has 27 nitrogen and oxygen atoms in total. The van der Waals surface area contributed by atoms with Gasteiger partial charge in [0.05, 0.1) is 24.9 Å². The molecule has 1 aromatic carbocycles. The predicted molar refractivity (Wildman–Crippen MR) is 272 cm³/mol. The van der Waals surface area contributed by atoms with Crippen LogP contribution >= 0.6 is 0 Å². The van der Waals surface area contributed by atoms with Crippen LogP contribution in [0, 0.1) is 0 Å². The molecule has 1 aliphatic rings. The Hall–Kier alpha value is -6.36. The average Bonchev–Trinajstić information content (AvgIpc) is 3.36. The second-order valence-corrected chi connectivity index (χ2v) is 18.5. The third-order valence-corrected chi connectivity index (χ3v) is 12.1. The highest BCUT2D eigenvalue weighted by Crippen LogP contribution is 2.10. The highest BCUT2D eigenvalue weighted by atomic mass is 16.3. The van der Waals surface area contributed by atoms with E-state index < -0.39 is 151 Å². The Labute approximate surface area is 436 Å². The van der Waals surface area contributed by atoms with Crippen LogP contribution in [0.25, 0.3) is 0 Å². The second-order valence-electron chi connectivity index (χ2n) is 18.5. The molecule has 1 heterocycles. The second kappa shape index (κ2) is 34.3. The molecule has 1 saturated heterocycles. The molecule has 1 aliphatic heterocycles. The Morgan fingerprint density at radius 3 is 1.60 bits per heavy atom. The van der Waals surface area contributed by atoms with Crippen molar-refractivity contribution in [1.29, 1.82) is 0 Å². The number of aliphatic hydroxyl groups is 4. The molecule has 1 fully saturated rings. The summed E-state index contributed by atoms with van der Waals surface area (Å²) in [6, 6.07) is -6.18. The summed E-state index contributed by atoms with van der Waals surface area (Å²) in [4.78, 5) is 137. The third-order valence-electron chi connectivity index (χ3n) is 12.1. The van der Waals surface area contributed by atoms with Crippen LogP contribution in [0.15, 0.2) is 30.3 Å². The number of amides is 10. The lowest BCUT2D eigenvalue weighted by Gasteiger charge is -2.28. The standard InChI is InChI=1S/C48H81N13O14/c1-5-6-7-8-12-15-36(66)59-38(27(3)64)47(74)58-35(25-62)45(72)55-33-19-23-52-46(73)37(26(2)63)60-43(70)32(18-22-51)54-40(67)31(17-21-50)56-48(75)39(28(4)65)61-44(71)34(24-29-13-10-9-11-14-29)57-41(68)30(16-20-49)53-42(33)69/h9-11,13-14,26-28,30-35,37-39,62-65H,5-8,12,15-25,49-51H2,1-4H3,(H,52,73)(H,53,69)(H,54,67)(H,55,72)(H,56,75)(H,57,68)(H,58,74)(H,59,66)(H,60,70)(H,61,71)/t26-,27-,28+,30+,31+,32+,33+,34-,35-,37+,38+,39+/m1/s1. The van der Waals surface area contributed by atoms with Crippen LogP contribution in [-0.4, -0.2) is 185 Å². The van der Waals surface area contributed by atoms with E-state index in [2.05, 4.69) is 53.2 Å². The molecular formula is C48H81N13O14. The Bertz CT molecular complexity index is 2030. The number of hydrogen-bond acceptors (Lipinski definition) is 17. The molecule has 0 aliphatic carbocycles. The van der Waals surface area contributed by atoms with E-state index in [9.17, 15) is 68.4 Å². The molecule has 10 amide bonds. The summed E-state index contributed by atoms with van der Waals surface area (Å²) in [5.41, 5.74) is 17.9. The smallest absolute Gasteiger partial charge is 0.245 e. The molecule has 0 spiro atoms. The largest absolute Gasteiger partial charge is 0.394 e. The molecule has 422 valence electrons. The fraction of sp³-hybridized carbons (Fsp3) is 0.667. The van der Waals surface area contributed by atoms with Gasteiger partial charge in [-0.25, -0.2) is 0 Å². The van der Waals surface area contributed by atoms with Gasteiger partial charge in [-0.2, -0.15) is 0 Å². The highest BCUT2D eigenvalue weighted by molar-refractivity contribution is 5.99. The molecule has 12 atom stereocenters. The van der Waals surface area contributed by atoms with E-state index in [1.807, 2.05) is 6.92 Å². The molecular weight excluding hydrogens is 983 g/mol. The van der Waals surface area contributed by atoms with Gasteiger partial charge in [-0.1, -0.05) is 62.9 Å². The number of hydrogen-bond donors (Lipinski definition) is 17. The Balaban J connectivity index is 2.65. The molecule has 0 radical (unpaired) electrons. The van der Waals surface area contributed by atoms with Gasteiger partial charge >= 0.3 is 0 Å². The monoisotopic (exact) mass is 1060 g/mol. The average molecular weight is 1060 g/mol. The maximum absolute atomic E-state index is 14.3. The van der Waals surface area contributed by atoms with Crippen molar-refractivity contribution in [1.82, 2.24) is 53.2 Å². The van der Waals surface area contributed by atoms with E-state index in [1.54, 1.807) is 30.3 Å². The maximum Gasteiger partial charge on any atom is 0.245 e. The molecule has 0 saturated carbocycles. The minimum atomic E-state index is -1.80. The van der Waals surface area contributed by atoms with Crippen molar-refractivity contribution in [3.8, 4) is 0 Å². The van der Waals surface area contributed by atoms with Crippen molar-refractivity contribution >= 4 is 59.1 Å². The van der Waals surface area contributed by atoms with E-state index in [1.165, 1.54) is 20.8 Å². The number of benzene rings is 1. The van der Waals surface area contributed by atoms with Crippen molar-refractivity contribution in [2.75, 3.05) is 32.8 Å². The quantitative estimate of drug-likeness (QED) is 0.0453. The van der Waals surface area contributed by atoms with Gasteiger partial charge in [-0.3, -0.25) is 47.9 Å². The van der Waals surface area contributed by atoms with Gasteiger partial charge < -0.3 is 90.8 Å². The SMILES string of the molecule is CCCCCCCC(=O)N[C@H](C(=O)N[C@H](CO)C(=O)N[C@H]1CCNC(=O)[C@H]([C@@H](C)O)NC(=O)[C@H](CCN)NC(=O)[C@H](CCN)NC(=O)[C@H]([C@H](C)O)NC(=O)[C@@H](Cc2ccccc2)NC(=O)[C@H](CCN)NC1=O)[C@@H](C)O. The third kappa shape index (κ3) is 22.6. The van der Waals surface area contributed by atoms with Crippen LogP contribution in [0.5, 0.6) is 0 Å². The number of rotatable bonds is 23. The summed E-state index contributed by atoms with van der Waals surface area (Å²) in [5, 5.41) is 66.4. The first-order valence-electron chi connectivity index (χ1n) is 25.4. The van der Waals surface area contributed by atoms with Gasteiger partial charge in [0, 0.05) is 19.4 Å². The number of nitrogens with two attached hydrogens (primary N) is 3. The van der Waals surface area contributed by atoms with Gasteiger partial charge in [-0.05, 0) is 78.1 Å². The van der Waals surface area contributed by atoms with Crippen LogP contribution in [0.2, 0.25) is 0 Å². The first kappa shape index (κ1) is 64.8. The van der Waals surface area contributed by atoms with E-state index in [0.29, 0.717) is 12.0 Å². The molecule has 2 rings (SSSR count). The fourth-order valence-corrected chi connectivity index (χ4v) is 7.75. The summed E-state index contributed by atoms with van der Waals surface area (Å²) in [7, 11) is 0. The lowest BCUT2D eigenvalue weighted by atomic mass is 10.0. The van der Waals surface area contributed by atoms with Gasteiger partial charge in [0.15, 0.2) is 0 Å². The van der Waals surface area contributed by atoms with Crippen molar-refractivity contribution in [2.24, 2.45) is 17.2 Å². The van der Waals surface area contributed by atoms with Crippen molar-refractivity contribution in [3.05, 3.63) is 35.9 Å². The molecule has 27 heteroatoms. The van der Waals surface area contributed by atoms with Crippen LogP contribution in [0.3, 0.4) is 0 Å². The van der Waals surface area contributed by atoms with E-state index in [-0.39, 0.29) is 51.7 Å². The van der Waals surface area contributed by atoms with Gasteiger partial charge in [0.1, 0.15) is 54.4 Å². The van der Waals surface area contributed by atoms with Crippen LogP contribution in [0.1, 0.15) is 97.5 Å². The van der Waals surface area contributed by atoms with Crippen LogP contribution < -0.4 is 70.4 Å². The van der Waals surface area contributed by atoms with Crippen molar-refractivity contribution in [3.63, 3.8) is 0 Å². The number of unbranched alkanes of at least 4 members (excludes halogenated alkanes) is 4. The van der Waals surface area contributed by atoms with E-state index >= 15 is 0 Å². The zero-order valence-electron chi connectivity index (χ0n) is 43.2. The van der Waals surface area contributed by atoms with E-state index in [0.717, 1.165) is 25.7 Å². The maximum atomic E-state index is 14.3. The minimum absolute atomic E-state index is 0.0526. The molecule has 75 heavy (non-hydrogen) atoms. The summed E-state index contributed by atoms with van der Waals surface area (Å²) in [6.07, 6.45) is -1.80. The summed E-state index contributed by atoms with van der Waals surface area (Å²) < 4.78 is 0. The molecule has 1 aromatic rings. The lowest BCUT2D eigenvalue weighted by Crippen LogP contribution is -2.62. The van der Waals surface area contributed by atoms with E-state index in [4.69, 9.17) is 17.2 Å². The highest BCUT2D eigenvalue weighted by Gasteiger charge is 2.37. The predicted octanol–water partition coefficient (Wildman–Crippen LogP) is -6.35. The number of aliphatic hydroxyl groups excluding tert-OH is 4. The van der Waals surface area contributed by atoms with Crippen LogP contribution in [0.4, 0.5) is 0 Å². The Morgan fingerprint density at radius 2 is 1.09 bits per heavy atom. The van der Waals surface area contributed by atoms with Crippen LogP contribution in [-0.2, 0) is 54.4 Å². The van der Waals surface area contributed by atoms with Gasteiger partial charge in [0.25, 0.3) is 0 Å². The zero-order chi connectivity index (χ0) is 56.2. The van der Waals surface area contributed by atoms with Crippen molar-refractivity contribution in [2.45, 2.75) is 171 Å². The topological polar surface area (TPSA) is 450 Å². The minimum Gasteiger partial charge on any atom is -0.394 e. The number of carbonyl (C=O) groups excluding carboxylic acids is 10. The first-order valence-corrected chi connectivity index (χ1v) is 25.4. The Kier molecular flexibility index (Phi) is 29.6.